The quantitative estimate of drug-likeness (QED) is 0.0221. The lowest BCUT2D eigenvalue weighted by Gasteiger charge is -2.33. The van der Waals surface area contributed by atoms with E-state index in [0.29, 0.717) is 56.2 Å². The van der Waals surface area contributed by atoms with E-state index in [-0.39, 0.29) is 64.1 Å². The summed E-state index contributed by atoms with van der Waals surface area (Å²) in [6.45, 7) is 5.46. The number of aliphatic hydroxyl groups is 1. The largest absolute Gasteiger partial charge is 0.480 e. The number of fused-ring (bicyclic) bond motifs is 1. The van der Waals surface area contributed by atoms with E-state index in [0.717, 1.165) is 10.8 Å². The number of carbonyl (C=O) groups is 10. The number of nitrogens with two attached hydrogens (primary N) is 2. The van der Waals surface area contributed by atoms with Gasteiger partial charge in [0.1, 0.15) is 47.8 Å². The third kappa shape index (κ3) is 19.2. The van der Waals surface area contributed by atoms with Gasteiger partial charge in [-0.25, -0.2) is 4.79 Å². The second kappa shape index (κ2) is 31.9. The Bertz CT molecular complexity index is 2790. The zero-order valence-corrected chi connectivity index (χ0v) is 47.8. The number of aliphatic hydroxyl groups excluding tert-OH is 1. The molecule has 2 aliphatic rings. The third-order valence-electron chi connectivity index (χ3n) is 15.1. The zero-order chi connectivity index (χ0) is 60.8. The van der Waals surface area contributed by atoms with Crippen LogP contribution in [0.4, 0.5) is 0 Å². The fourth-order valence-electron chi connectivity index (χ4n) is 10.4. The predicted molar refractivity (Wildman–Crippen MR) is 308 cm³/mol. The van der Waals surface area contributed by atoms with Crippen LogP contribution in [0.2, 0.25) is 0 Å². The van der Waals surface area contributed by atoms with Gasteiger partial charge in [0.2, 0.25) is 53.2 Å². The number of hydrogen-bond donors (Lipinski definition) is 13. The van der Waals surface area contributed by atoms with Crippen molar-refractivity contribution in [2.45, 2.75) is 153 Å². The summed E-state index contributed by atoms with van der Waals surface area (Å²) in [6, 6.07) is 13.1. The van der Waals surface area contributed by atoms with Gasteiger partial charge >= 0.3 is 5.97 Å². The molecule has 0 radical (unpaired) electrons. The number of guanidine groups is 1. The summed E-state index contributed by atoms with van der Waals surface area (Å²) in [5, 5.41) is 50.9. The Morgan fingerprint density at radius 3 is 2.00 bits per heavy atom. The van der Waals surface area contributed by atoms with Crippen molar-refractivity contribution in [3.63, 3.8) is 0 Å². The van der Waals surface area contributed by atoms with Crippen LogP contribution >= 0.6 is 0 Å². The minimum absolute atomic E-state index is 0.0925. The molecule has 0 aliphatic carbocycles. The second-order valence-corrected chi connectivity index (χ2v) is 21.6. The van der Waals surface area contributed by atoms with E-state index in [1.807, 2.05) is 36.4 Å². The molecule has 2 saturated heterocycles. The van der Waals surface area contributed by atoms with Gasteiger partial charge in [0, 0.05) is 39.4 Å². The molecule has 2 heterocycles. The molecule has 25 nitrogen and oxygen atoms in total. The van der Waals surface area contributed by atoms with Crippen molar-refractivity contribution < 1.29 is 58.2 Å². The Morgan fingerprint density at radius 1 is 0.723 bits per heavy atom. The third-order valence-corrected chi connectivity index (χ3v) is 15.1. The van der Waals surface area contributed by atoms with Gasteiger partial charge in [-0.2, -0.15) is 0 Å². The first kappa shape index (κ1) is 65.6. The molecule has 0 saturated carbocycles. The van der Waals surface area contributed by atoms with Crippen molar-refractivity contribution in [3.8, 4) is 0 Å². The number of likely N-dealkylation sites (tertiary alicyclic amines) is 2. The van der Waals surface area contributed by atoms with Crippen molar-refractivity contribution in [1.82, 2.24) is 52.3 Å². The first-order valence-electron chi connectivity index (χ1n) is 28.4. The summed E-state index contributed by atoms with van der Waals surface area (Å²) >= 11 is 0. The number of hydrogen-bond acceptors (Lipinski definition) is 13. The summed E-state index contributed by atoms with van der Waals surface area (Å²) in [7, 11) is 0. The van der Waals surface area contributed by atoms with Crippen LogP contribution < -0.4 is 54.0 Å². The number of carboxylic acids is 1. The molecular formula is C58H83N13O12. The number of unbranched alkanes of at least 4 members (excludes halogenated alkanes) is 1. The Hall–Kier alpha value is -8.19. The monoisotopic (exact) mass is 1150 g/mol. The lowest BCUT2D eigenvalue weighted by Crippen LogP contribution is -2.64. The summed E-state index contributed by atoms with van der Waals surface area (Å²) in [5.41, 5.74) is 10.5. The van der Waals surface area contributed by atoms with Crippen molar-refractivity contribution in [2.24, 2.45) is 17.4 Å². The van der Waals surface area contributed by atoms with Gasteiger partial charge in [-0.15, -0.1) is 0 Å². The normalized spacial score (nSPS) is 17.7. The molecule has 9 amide bonds. The van der Waals surface area contributed by atoms with E-state index < -0.39 is 126 Å². The van der Waals surface area contributed by atoms with Crippen LogP contribution in [0.5, 0.6) is 0 Å². The van der Waals surface area contributed by atoms with Crippen LogP contribution in [0.25, 0.3) is 10.8 Å². The SMILES string of the molecule is CC[C@H](C)[C@H](NC(=O)[C@@H](Cc1ccc2ccccc2c1)NC(=O)[C@H](CO)NC(=O)C(C)(Cc1ccccc1)NC(=O)CNC(=O)[C@@H]1CCCN1C(=O)C1CCCN1C(=O)[C@H](CCCNC(=N)N)NC(=O)[C@H](CCCCN)NC(C)=O)C(=O)O. The minimum Gasteiger partial charge on any atom is -0.480 e. The Balaban J connectivity index is 1.28. The standard InChI is InChI=1S/C58H83N13O12/c1-5-35(2)48(55(81)82)68-50(76)43(31-38-24-25-39-18-9-10-19-40(39)30-38)66-51(77)44(34-72)67-56(83)58(4,32-37-16-7-6-8-17-37)69-47(74)33-63-52(78)45-22-14-28-70(45)54(80)46-23-15-29-71(46)53(79)42(21-13-27-62-57(60)61)65-49(75)41(64-36(3)73)20-11-12-26-59/h6-10,16-19,24-25,30,35,41-46,48,72H,5,11-15,20-23,26-29,31-34,59H2,1-4H3,(H,63,78)(H,64,73)(H,65,75)(H,66,77)(H,67,83)(H,68,76)(H,69,74)(H,81,82)(H4,60,61,62)/t35-,41-,42-,43+,44-,45-,46?,48-,58?/m0/s1. The predicted octanol–water partition coefficient (Wildman–Crippen LogP) is -0.443. The molecular weight excluding hydrogens is 1070 g/mol. The minimum atomic E-state index is -1.84. The van der Waals surface area contributed by atoms with Gasteiger partial charge in [0.15, 0.2) is 5.96 Å². The summed E-state index contributed by atoms with van der Waals surface area (Å²) < 4.78 is 0. The number of nitrogens with zero attached hydrogens (tertiary/aromatic N) is 2. The van der Waals surface area contributed by atoms with E-state index in [1.54, 1.807) is 50.2 Å². The lowest BCUT2D eigenvalue weighted by molar-refractivity contribution is -0.148. The van der Waals surface area contributed by atoms with Gasteiger partial charge in [0.25, 0.3) is 0 Å². The van der Waals surface area contributed by atoms with E-state index in [4.69, 9.17) is 16.9 Å². The van der Waals surface area contributed by atoms with Crippen LogP contribution in [-0.2, 0) is 60.8 Å². The topological polar surface area (TPSA) is 390 Å². The number of benzene rings is 3. The van der Waals surface area contributed by atoms with Crippen LogP contribution in [0.3, 0.4) is 0 Å². The Kier molecular flexibility index (Phi) is 25.2. The van der Waals surface area contributed by atoms with Crippen molar-refractivity contribution in [3.05, 3.63) is 83.9 Å². The summed E-state index contributed by atoms with van der Waals surface area (Å²) in [4.78, 5) is 140. The maximum Gasteiger partial charge on any atom is 0.326 e. The number of carboxylic acid groups (broad SMARTS) is 1. The molecule has 83 heavy (non-hydrogen) atoms. The molecule has 15 N–H and O–H groups in total. The molecule has 3 aromatic rings. The first-order chi connectivity index (χ1) is 39.6. The zero-order valence-electron chi connectivity index (χ0n) is 47.8. The molecule has 2 unspecified atom stereocenters. The van der Waals surface area contributed by atoms with E-state index in [9.17, 15) is 58.2 Å². The van der Waals surface area contributed by atoms with Gasteiger partial charge in [0.05, 0.1) is 13.2 Å². The fourth-order valence-corrected chi connectivity index (χ4v) is 10.4. The Morgan fingerprint density at radius 2 is 1.35 bits per heavy atom. The van der Waals surface area contributed by atoms with Crippen molar-refractivity contribution in [1.29, 1.82) is 5.41 Å². The average molecular weight is 1150 g/mol. The second-order valence-electron chi connectivity index (χ2n) is 21.6. The number of nitrogens with one attached hydrogen (secondary N) is 9. The van der Waals surface area contributed by atoms with Gasteiger partial charge in [-0.05, 0) is 99.1 Å². The lowest BCUT2D eigenvalue weighted by atomic mass is 9.91. The number of carbonyl (C=O) groups excluding carboxylic acids is 9. The van der Waals surface area contributed by atoms with Gasteiger partial charge in [-0.3, -0.25) is 48.6 Å². The van der Waals surface area contributed by atoms with Crippen LogP contribution in [0.15, 0.2) is 72.8 Å². The average Bonchev–Trinajstić information content (AvgIpc) is 4.39. The Labute approximate surface area is 483 Å². The molecule has 452 valence electrons. The van der Waals surface area contributed by atoms with Crippen LogP contribution in [0, 0.1) is 11.3 Å². The van der Waals surface area contributed by atoms with Crippen LogP contribution in [-0.4, -0.2) is 172 Å². The highest BCUT2D eigenvalue weighted by molar-refractivity contribution is 5.99. The molecule has 0 aromatic heterocycles. The van der Waals surface area contributed by atoms with E-state index in [1.165, 1.54) is 23.6 Å². The molecule has 2 aliphatic heterocycles. The molecule has 2 fully saturated rings. The molecule has 0 spiro atoms. The van der Waals surface area contributed by atoms with Gasteiger partial charge < -0.3 is 74.0 Å². The smallest absolute Gasteiger partial charge is 0.326 e. The number of aliphatic carboxylic acids is 1. The number of amides is 9. The molecule has 0 bridgehead atoms. The molecule has 9 atom stereocenters. The summed E-state index contributed by atoms with van der Waals surface area (Å²) in [6.07, 6.45) is 3.38. The number of rotatable bonds is 31. The highest BCUT2D eigenvalue weighted by atomic mass is 16.4. The van der Waals surface area contributed by atoms with Crippen molar-refractivity contribution >= 4 is 75.9 Å². The molecule has 25 heteroatoms. The summed E-state index contributed by atoms with van der Waals surface area (Å²) in [5.74, 6) is -8.29. The molecule has 5 rings (SSSR count). The maximum atomic E-state index is 14.4. The first-order valence-corrected chi connectivity index (χ1v) is 28.4. The van der Waals surface area contributed by atoms with E-state index in [2.05, 4.69) is 42.5 Å². The highest BCUT2D eigenvalue weighted by Crippen LogP contribution is 2.27. The van der Waals surface area contributed by atoms with Crippen LogP contribution in [0.1, 0.15) is 103 Å². The van der Waals surface area contributed by atoms with Gasteiger partial charge in [-0.1, -0.05) is 93.1 Å². The van der Waals surface area contributed by atoms with E-state index >= 15 is 0 Å². The highest BCUT2D eigenvalue weighted by Gasteiger charge is 2.45. The molecule has 3 aromatic carbocycles. The van der Waals surface area contributed by atoms with Crippen molar-refractivity contribution in [2.75, 3.05) is 39.3 Å². The maximum absolute atomic E-state index is 14.4. The fraction of sp³-hybridized carbons (Fsp3) is 0.534.